The second-order valence-corrected chi connectivity index (χ2v) is 4.11. The molecule has 0 spiro atoms. The molecule has 5 nitrogen and oxygen atoms in total. The number of amides is 1. The molecule has 0 fully saturated rings. The van der Waals surface area contributed by atoms with Gasteiger partial charge < -0.3 is 5.32 Å². The summed E-state index contributed by atoms with van der Waals surface area (Å²) in [7, 11) is -4.23. The van der Waals surface area contributed by atoms with Crippen molar-refractivity contribution in [1.82, 2.24) is 0 Å². The summed E-state index contributed by atoms with van der Waals surface area (Å²) in [6, 6.07) is 4.23. The Hall–Kier alpha value is -1.40. The van der Waals surface area contributed by atoms with Crippen LogP contribution in [0, 0.1) is 6.92 Å². The molecule has 1 rings (SSSR count). The molecule has 2 N–H and O–H groups in total. The molecule has 1 amide bonds. The summed E-state index contributed by atoms with van der Waals surface area (Å²) in [5.41, 5.74) is 0.738. The molecule has 0 aliphatic heterocycles. The standard InChI is InChI=1S/C8H9NO4S/c1-6-2-3-7(9-5-10)4-8(6)14(11,12)13/h2-5H,1H3,(H,9,10)(H,11,12,13). The zero-order chi connectivity index (χ0) is 10.8. The molecule has 0 heterocycles. The Labute approximate surface area is 81.5 Å². The highest BCUT2D eigenvalue weighted by molar-refractivity contribution is 7.85. The van der Waals surface area contributed by atoms with Crippen molar-refractivity contribution in [2.45, 2.75) is 11.8 Å². The van der Waals surface area contributed by atoms with Crippen molar-refractivity contribution in [2.24, 2.45) is 0 Å². The summed E-state index contributed by atoms with van der Waals surface area (Å²) < 4.78 is 30.5. The molecule has 0 aromatic heterocycles. The van der Waals surface area contributed by atoms with Gasteiger partial charge in [-0.15, -0.1) is 0 Å². The normalized spacial score (nSPS) is 11.0. The second-order valence-electron chi connectivity index (χ2n) is 2.72. The van der Waals surface area contributed by atoms with E-state index in [1.54, 1.807) is 13.0 Å². The minimum atomic E-state index is -4.23. The van der Waals surface area contributed by atoms with Crippen molar-refractivity contribution < 1.29 is 17.8 Å². The molecule has 0 bridgehead atoms. The predicted octanol–water partition coefficient (Wildman–Crippen LogP) is 0.810. The lowest BCUT2D eigenvalue weighted by Gasteiger charge is -2.04. The fraction of sp³-hybridized carbons (Fsp3) is 0.125. The molecular weight excluding hydrogens is 206 g/mol. The van der Waals surface area contributed by atoms with Crippen molar-refractivity contribution >= 4 is 22.2 Å². The number of rotatable bonds is 3. The first kappa shape index (κ1) is 10.7. The number of hydrogen-bond acceptors (Lipinski definition) is 3. The molecule has 1 aromatic carbocycles. The first-order valence-corrected chi connectivity index (χ1v) is 5.17. The lowest BCUT2D eigenvalue weighted by molar-refractivity contribution is -0.105. The minimum absolute atomic E-state index is 0.204. The summed E-state index contributed by atoms with van der Waals surface area (Å²) in [6.45, 7) is 1.55. The van der Waals surface area contributed by atoms with Gasteiger partial charge in [0, 0.05) is 5.69 Å². The number of aryl methyl sites for hydroxylation is 1. The summed E-state index contributed by atoms with van der Waals surface area (Å²) in [4.78, 5) is 9.89. The highest BCUT2D eigenvalue weighted by Crippen LogP contribution is 2.19. The van der Waals surface area contributed by atoms with E-state index in [2.05, 4.69) is 5.32 Å². The Bertz CT molecular complexity index is 452. The Kier molecular flexibility index (Phi) is 2.87. The molecule has 76 valence electrons. The summed E-state index contributed by atoms with van der Waals surface area (Å²) in [6.07, 6.45) is 0.429. The van der Waals surface area contributed by atoms with Gasteiger partial charge in [-0.2, -0.15) is 8.42 Å². The summed E-state index contributed by atoms with van der Waals surface area (Å²) in [5.74, 6) is 0. The maximum Gasteiger partial charge on any atom is 0.294 e. The number of anilines is 1. The molecule has 0 radical (unpaired) electrons. The molecule has 0 aliphatic carbocycles. The van der Waals surface area contributed by atoms with Crippen molar-refractivity contribution in [3.05, 3.63) is 23.8 Å². The zero-order valence-corrected chi connectivity index (χ0v) is 8.21. The summed E-state index contributed by atoms with van der Waals surface area (Å²) in [5, 5.41) is 2.29. The Morgan fingerprint density at radius 1 is 1.43 bits per heavy atom. The first-order valence-electron chi connectivity index (χ1n) is 3.73. The van der Waals surface area contributed by atoms with Crippen LogP contribution in [0.2, 0.25) is 0 Å². The Morgan fingerprint density at radius 3 is 2.57 bits per heavy atom. The van der Waals surface area contributed by atoms with Crippen LogP contribution in [0.25, 0.3) is 0 Å². The average molecular weight is 215 g/mol. The number of carbonyl (C=O) groups is 1. The van der Waals surface area contributed by atoms with Crippen LogP contribution in [0.5, 0.6) is 0 Å². The van der Waals surface area contributed by atoms with E-state index in [9.17, 15) is 13.2 Å². The van der Waals surface area contributed by atoms with Crippen molar-refractivity contribution in [2.75, 3.05) is 5.32 Å². The maximum atomic E-state index is 10.8. The van der Waals surface area contributed by atoms with Crippen LogP contribution in [-0.4, -0.2) is 19.4 Å². The van der Waals surface area contributed by atoms with E-state index >= 15 is 0 Å². The summed E-state index contributed by atoms with van der Waals surface area (Å²) >= 11 is 0. The molecule has 1 aromatic rings. The van der Waals surface area contributed by atoms with Crippen LogP contribution >= 0.6 is 0 Å². The van der Waals surface area contributed by atoms with E-state index in [0.29, 0.717) is 17.7 Å². The van der Waals surface area contributed by atoms with Gasteiger partial charge >= 0.3 is 0 Å². The Morgan fingerprint density at radius 2 is 2.07 bits per heavy atom. The minimum Gasteiger partial charge on any atom is -0.329 e. The maximum absolute atomic E-state index is 10.8. The van der Waals surface area contributed by atoms with Crippen LogP contribution in [-0.2, 0) is 14.9 Å². The lowest BCUT2D eigenvalue weighted by Crippen LogP contribution is -2.02. The van der Waals surface area contributed by atoms with E-state index < -0.39 is 10.1 Å². The van der Waals surface area contributed by atoms with Gasteiger partial charge in [0.25, 0.3) is 10.1 Å². The highest BCUT2D eigenvalue weighted by atomic mass is 32.2. The SMILES string of the molecule is Cc1ccc(NC=O)cc1S(=O)(=O)O. The number of hydrogen-bond donors (Lipinski definition) is 2. The Balaban J connectivity index is 3.29. The van der Waals surface area contributed by atoms with Crippen molar-refractivity contribution in [1.29, 1.82) is 0 Å². The molecule has 0 unspecified atom stereocenters. The molecule has 6 heteroatoms. The average Bonchev–Trinajstić information content (AvgIpc) is 2.07. The van der Waals surface area contributed by atoms with E-state index in [0.717, 1.165) is 0 Å². The fourth-order valence-electron chi connectivity index (χ4n) is 1.04. The molecule has 0 aliphatic rings. The van der Waals surface area contributed by atoms with E-state index in [1.165, 1.54) is 12.1 Å². The third-order valence-corrected chi connectivity index (χ3v) is 2.69. The topological polar surface area (TPSA) is 83.5 Å². The van der Waals surface area contributed by atoms with Gasteiger partial charge in [0.15, 0.2) is 0 Å². The first-order chi connectivity index (χ1) is 6.45. The third kappa shape index (κ3) is 2.30. The monoisotopic (exact) mass is 215 g/mol. The van der Waals surface area contributed by atoms with Crippen molar-refractivity contribution in [3.63, 3.8) is 0 Å². The quantitative estimate of drug-likeness (QED) is 0.577. The number of nitrogens with one attached hydrogen (secondary N) is 1. The fourth-order valence-corrected chi connectivity index (χ4v) is 1.79. The van der Waals surface area contributed by atoms with Crippen molar-refractivity contribution in [3.8, 4) is 0 Å². The van der Waals surface area contributed by atoms with Crippen LogP contribution in [0.3, 0.4) is 0 Å². The van der Waals surface area contributed by atoms with Gasteiger partial charge in [-0.25, -0.2) is 0 Å². The van der Waals surface area contributed by atoms with Gasteiger partial charge in [-0.05, 0) is 24.6 Å². The van der Waals surface area contributed by atoms with Gasteiger partial charge in [0.05, 0.1) is 4.90 Å². The van der Waals surface area contributed by atoms with Gasteiger partial charge in [-0.3, -0.25) is 9.35 Å². The van der Waals surface area contributed by atoms with Gasteiger partial charge in [0.2, 0.25) is 6.41 Å². The molecule has 0 saturated heterocycles. The number of benzene rings is 1. The molecule has 0 atom stereocenters. The van der Waals surface area contributed by atoms with E-state index in [4.69, 9.17) is 4.55 Å². The number of carbonyl (C=O) groups excluding carboxylic acids is 1. The van der Waals surface area contributed by atoms with Gasteiger partial charge in [-0.1, -0.05) is 6.07 Å². The lowest BCUT2D eigenvalue weighted by atomic mass is 10.2. The zero-order valence-electron chi connectivity index (χ0n) is 7.39. The largest absolute Gasteiger partial charge is 0.329 e. The van der Waals surface area contributed by atoms with Crippen LogP contribution in [0.4, 0.5) is 5.69 Å². The van der Waals surface area contributed by atoms with E-state index in [-0.39, 0.29) is 4.90 Å². The highest BCUT2D eigenvalue weighted by Gasteiger charge is 2.13. The van der Waals surface area contributed by atoms with Crippen LogP contribution in [0.15, 0.2) is 23.1 Å². The van der Waals surface area contributed by atoms with Gasteiger partial charge in [0.1, 0.15) is 0 Å². The third-order valence-electron chi connectivity index (χ3n) is 1.69. The van der Waals surface area contributed by atoms with Crippen LogP contribution in [0.1, 0.15) is 5.56 Å². The predicted molar refractivity (Wildman–Crippen MR) is 50.7 cm³/mol. The molecule has 0 saturated carbocycles. The molecule has 14 heavy (non-hydrogen) atoms. The molecular formula is C8H9NO4S. The smallest absolute Gasteiger partial charge is 0.294 e. The van der Waals surface area contributed by atoms with Crippen LogP contribution < -0.4 is 5.32 Å². The van der Waals surface area contributed by atoms with E-state index in [1.807, 2.05) is 0 Å². The second kappa shape index (κ2) is 3.77.